The number of nitrogens with zero attached hydrogens (tertiary/aromatic N) is 2. The Labute approximate surface area is 143 Å². The van der Waals surface area contributed by atoms with Crippen LogP contribution in [-0.4, -0.2) is 9.97 Å². The van der Waals surface area contributed by atoms with E-state index in [4.69, 9.17) is 4.98 Å². The van der Waals surface area contributed by atoms with E-state index in [9.17, 15) is 0 Å². The molecule has 0 N–H and O–H groups in total. The molecule has 0 saturated carbocycles. The van der Waals surface area contributed by atoms with Gasteiger partial charge in [-0.15, -0.1) is 0 Å². The van der Waals surface area contributed by atoms with Gasteiger partial charge in [-0.1, -0.05) is 56.8 Å². The molecule has 0 saturated heterocycles. The lowest BCUT2D eigenvalue weighted by Crippen LogP contribution is -2.22. The highest BCUT2D eigenvalue weighted by Gasteiger charge is 2.30. The number of aryl methyl sites for hydroxylation is 1. The number of rotatable bonds is 4. The van der Waals surface area contributed by atoms with Gasteiger partial charge in [-0.2, -0.15) is 0 Å². The van der Waals surface area contributed by atoms with Crippen molar-refractivity contribution in [2.45, 2.75) is 52.9 Å². The van der Waals surface area contributed by atoms with Crippen molar-refractivity contribution in [1.29, 1.82) is 0 Å². The Morgan fingerprint density at radius 2 is 2.04 bits per heavy atom. The van der Waals surface area contributed by atoms with Gasteiger partial charge in [-0.25, -0.2) is 9.97 Å². The fourth-order valence-electron chi connectivity index (χ4n) is 3.08. The Balaban J connectivity index is 1.86. The molecule has 2 aromatic heterocycles. The lowest BCUT2D eigenvalue weighted by Gasteiger charge is -2.29. The summed E-state index contributed by atoms with van der Waals surface area (Å²) in [6.45, 7) is 11.3. The van der Waals surface area contributed by atoms with Crippen LogP contribution in [0.4, 0.5) is 0 Å². The molecule has 1 aliphatic rings. The van der Waals surface area contributed by atoms with Gasteiger partial charge < -0.3 is 0 Å². The Morgan fingerprint density at radius 3 is 2.70 bits per heavy atom. The van der Waals surface area contributed by atoms with Crippen LogP contribution in [0.3, 0.4) is 0 Å². The molecule has 2 heterocycles. The first-order chi connectivity index (χ1) is 10.9. The van der Waals surface area contributed by atoms with E-state index >= 15 is 0 Å². The zero-order valence-corrected chi connectivity index (χ0v) is 15.6. The highest BCUT2D eigenvalue weighted by Crippen LogP contribution is 2.39. The summed E-state index contributed by atoms with van der Waals surface area (Å²) in [7, 11) is 0. The van der Waals surface area contributed by atoms with Crippen LogP contribution < -0.4 is 0 Å². The second-order valence-electron chi connectivity index (χ2n) is 7.13. The average Bonchev–Trinajstić information content (AvgIpc) is 2.98. The standard InChI is InChI=1S/C20H26N2S/c1-6-13(2)15(4)16-9-11-20(5,12-10-16)19-22-17-8-7-14(3)21-18(17)23-19/h7-11,13,15H,6,12H2,1-5H3. The Hall–Kier alpha value is -1.48. The molecule has 0 aliphatic heterocycles. The third-order valence-corrected chi connectivity index (χ3v) is 6.56. The summed E-state index contributed by atoms with van der Waals surface area (Å²) in [5.74, 6) is 1.35. The largest absolute Gasteiger partial charge is 0.241 e. The molecule has 2 nitrogen and oxygen atoms in total. The van der Waals surface area contributed by atoms with Gasteiger partial charge in [0.2, 0.25) is 0 Å². The SMILES string of the molecule is CCC(C)C(C)C1=CCC(C)(c2nc3ccc(C)nc3s2)C=C1. The average molecular weight is 327 g/mol. The molecule has 1 aliphatic carbocycles. The summed E-state index contributed by atoms with van der Waals surface area (Å²) < 4.78 is 0. The fraction of sp³-hybridized carbons (Fsp3) is 0.500. The molecule has 0 radical (unpaired) electrons. The Kier molecular flexibility index (Phi) is 4.41. The number of pyridine rings is 1. The van der Waals surface area contributed by atoms with Crippen molar-refractivity contribution >= 4 is 21.7 Å². The minimum atomic E-state index is -0.00204. The number of thiazole rings is 1. The van der Waals surface area contributed by atoms with Crippen LogP contribution in [0, 0.1) is 18.8 Å². The monoisotopic (exact) mass is 326 g/mol. The van der Waals surface area contributed by atoms with Gasteiger partial charge in [-0.05, 0) is 49.8 Å². The van der Waals surface area contributed by atoms with Gasteiger partial charge in [-0.3, -0.25) is 0 Å². The topological polar surface area (TPSA) is 25.8 Å². The van der Waals surface area contributed by atoms with Crippen LogP contribution >= 0.6 is 11.3 Å². The van der Waals surface area contributed by atoms with Crippen molar-refractivity contribution in [3.05, 3.63) is 46.6 Å². The van der Waals surface area contributed by atoms with Crippen LogP contribution in [0.2, 0.25) is 0 Å². The summed E-state index contributed by atoms with van der Waals surface area (Å²) in [5, 5.41) is 1.17. The minimum Gasteiger partial charge on any atom is -0.241 e. The maximum atomic E-state index is 4.85. The van der Waals surface area contributed by atoms with E-state index in [0.29, 0.717) is 5.92 Å². The van der Waals surface area contributed by atoms with Crippen LogP contribution in [0.1, 0.15) is 51.2 Å². The summed E-state index contributed by atoms with van der Waals surface area (Å²) >= 11 is 1.73. The van der Waals surface area contributed by atoms with E-state index in [1.807, 2.05) is 13.0 Å². The van der Waals surface area contributed by atoms with Crippen LogP contribution in [0.15, 0.2) is 35.9 Å². The van der Waals surface area contributed by atoms with E-state index in [2.05, 4.69) is 57.0 Å². The van der Waals surface area contributed by atoms with E-state index in [1.165, 1.54) is 17.0 Å². The minimum absolute atomic E-state index is 0.00204. The Bertz CT molecular complexity index is 771. The molecule has 2 aromatic rings. The van der Waals surface area contributed by atoms with Crippen LogP contribution in [0.5, 0.6) is 0 Å². The molecule has 0 bridgehead atoms. The van der Waals surface area contributed by atoms with E-state index < -0.39 is 0 Å². The van der Waals surface area contributed by atoms with Crippen molar-refractivity contribution in [1.82, 2.24) is 9.97 Å². The van der Waals surface area contributed by atoms with Crippen molar-refractivity contribution in [2.75, 3.05) is 0 Å². The maximum Gasteiger partial charge on any atom is 0.143 e. The van der Waals surface area contributed by atoms with Crippen molar-refractivity contribution < 1.29 is 0 Å². The second kappa shape index (κ2) is 6.20. The summed E-state index contributed by atoms with van der Waals surface area (Å²) in [4.78, 5) is 10.5. The molecule has 0 amide bonds. The number of hydrogen-bond donors (Lipinski definition) is 0. The van der Waals surface area contributed by atoms with Crippen molar-refractivity contribution in [2.24, 2.45) is 11.8 Å². The molecule has 3 rings (SSSR count). The molecule has 23 heavy (non-hydrogen) atoms. The normalized spacial score (nSPS) is 23.8. The van der Waals surface area contributed by atoms with Gasteiger partial charge in [0.15, 0.2) is 0 Å². The molecular weight excluding hydrogens is 300 g/mol. The predicted octanol–water partition coefficient (Wildman–Crippen LogP) is 5.83. The molecule has 3 atom stereocenters. The van der Waals surface area contributed by atoms with Crippen LogP contribution in [-0.2, 0) is 5.41 Å². The molecule has 3 unspecified atom stereocenters. The second-order valence-corrected chi connectivity index (χ2v) is 8.11. The van der Waals surface area contributed by atoms with Gasteiger partial charge in [0.25, 0.3) is 0 Å². The molecular formula is C20H26N2S. The highest BCUT2D eigenvalue weighted by atomic mass is 32.1. The third-order valence-electron chi connectivity index (χ3n) is 5.31. The maximum absolute atomic E-state index is 4.85. The predicted molar refractivity (Wildman–Crippen MR) is 100.0 cm³/mol. The number of aromatic nitrogens is 2. The number of allylic oxidation sites excluding steroid dienone is 4. The molecule has 122 valence electrons. The lowest BCUT2D eigenvalue weighted by atomic mass is 9.77. The quantitative estimate of drug-likeness (QED) is 0.707. The number of fused-ring (bicyclic) bond motifs is 1. The van der Waals surface area contributed by atoms with Crippen molar-refractivity contribution in [3.8, 4) is 0 Å². The first kappa shape index (κ1) is 16.4. The van der Waals surface area contributed by atoms with Gasteiger partial charge >= 0.3 is 0 Å². The zero-order chi connectivity index (χ0) is 16.6. The first-order valence-electron chi connectivity index (χ1n) is 8.57. The lowest BCUT2D eigenvalue weighted by molar-refractivity contribution is 0.428. The first-order valence-corrected chi connectivity index (χ1v) is 9.38. The molecule has 0 aromatic carbocycles. The van der Waals surface area contributed by atoms with Gasteiger partial charge in [0, 0.05) is 11.1 Å². The fourth-order valence-corrected chi connectivity index (χ4v) is 4.20. The molecule has 0 spiro atoms. The summed E-state index contributed by atoms with van der Waals surface area (Å²) in [5.41, 5.74) is 3.55. The van der Waals surface area contributed by atoms with E-state index in [-0.39, 0.29) is 5.41 Å². The smallest absolute Gasteiger partial charge is 0.143 e. The third kappa shape index (κ3) is 3.12. The highest BCUT2D eigenvalue weighted by molar-refractivity contribution is 7.18. The molecule has 0 fully saturated rings. The Morgan fingerprint density at radius 1 is 1.26 bits per heavy atom. The van der Waals surface area contributed by atoms with E-state index in [1.54, 1.807) is 11.3 Å². The summed E-state index contributed by atoms with van der Waals surface area (Å²) in [6.07, 6.45) is 9.35. The van der Waals surface area contributed by atoms with Crippen LogP contribution in [0.25, 0.3) is 10.3 Å². The number of hydrogen-bond acceptors (Lipinski definition) is 3. The van der Waals surface area contributed by atoms with E-state index in [0.717, 1.165) is 28.4 Å². The molecule has 3 heteroatoms. The van der Waals surface area contributed by atoms with Gasteiger partial charge in [0.1, 0.15) is 15.4 Å². The zero-order valence-electron chi connectivity index (χ0n) is 14.8. The van der Waals surface area contributed by atoms with Gasteiger partial charge in [0.05, 0.1) is 0 Å². The summed E-state index contributed by atoms with van der Waals surface area (Å²) in [6, 6.07) is 4.12. The van der Waals surface area contributed by atoms with Crippen molar-refractivity contribution in [3.63, 3.8) is 0 Å².